The molecular weight excluding hydrogens is 156 g/mol. The van der Waals surface area contributed by atoms with Gasteiger partial charge in [0.15, 0.2) is 9.84 Å². The molecular formula is C5H8O4S. The summed E-state index contributed by atoms with van der Waals surface area (Å²) in [5.41, 5.74) is 0. The standard InChI is InChI=1S/C5H8O4S/c1-3-4(5(6)7)2-10(3,8)9/h3-4H,2H2,1H3,(H,6,7). The van der Waals surface area contributed by atoms with Crippen LogP contribution < -0.4 is 0 Å². The predicted octanol–water partition coefficient (Wildman–Crippen LogP) is -0.496. The molecule has 10 heavy (non-hydrogen) atoms. The number of carboxylic acid groups (broad SMARTS) is 1. The van der Waals surface area contributed by atoms with Crippen LogP contribution in [0.1, 0.15) is 6.92 Å². The van der Waals surface area contributed by atoms with Crippen molar-refractivity contribution in [2.75, 3.05) is 5.75 Å². The molecule has 0 amide bonds. The fraction of sp³-hybridized carbons (Fsp3) is 0.800. The third kappa shape index (κ3) is 0.901. The van der Waals surface area contributed by atoms with Crippen molar-refractivity contribution in [1.29, 1.82) is 0 Å². The summed E-state index contributed by atoms with van der Waals surface area (Å²) >= 11 is 0. The molecule has 1 fully saturated rings. The SMILES string of the molecule is CC1C(C(=O)O)CS1(=O)=O. The van der Waals surface area contributed by atoms with Gasteiger partial charge in [0.2, 0.25) is 0 Å². The minimum atomic E-state index is -3.04. The van der Waals surface area contributed by atoms with Crippen molar-refractivity contribution in [2.45, 2.75) is 12.2 Å². The third-order valence-corrected chi connectivity index (χ3v) is 4.15. The molecule has 1 saturated heterocycles. The summed E-state index contributed by atoms with van der Waals surface area (Å²) in [7, 11) is -3.04. The molecule has 0 saturated carbocycles. The highest BCUT2D eigenvalue weighted by atomic mass is 32.2. The normalized spacial score (nSPS) is 36.5. The average molecular weight is 164 g/mol. The van der Waals surface area contributed by atoms with E-state index in [1.165, 1.54) is 6.92 Å². The maximum atomic E-state index is 10.7. The number of aliphatic carboxylic acids is 1. The molecule has 0 radical (unpaired) electrons. The van der Waals surface area contributed by atoms with Crippen molar-refractivity contribution in [2.24, 2.45) is 5.92 Å². The second-order valence-electron chi connectivity index (χ2n) is 2.48. The molecule has 1 heterocycles. The molecule has 58 valence electrons. The van der Waals surface area contributed by atoms with Crippen LogP contribution in [0.25, 0.3) is 0 Å². The molecule has 2 unspecified atom stereocenters. The largest absolute Gasteiger partial charge is 0.481 e. The number of carboxylic acids is 1. The predicted molar refractivity (Wildman–Crippen MR) is 34.4 cm³/mol. The minimum absolute atomic E-state index is 0.191. The lowest BCUT2D eigenvalue weighted by atomic mass is 10.1. The summed E-state index contributed by atoms with van der Waals surface area (Å²) in [6.07, 6.45) is 0. The highest BCUT2D eigenvalue weighted by molar-refractivity contribution is 7.93. The van der Waals surface area contributed by atoms with Gasteiger partial charge in [0.1, 0.15) is 0 Å². The molecule has 0 bridgehead atoms. The minimum Gasteiger partial charge on any atom is -0.481 e. The summed E-state index contributed by atoms with van der Waals surface area (Å²) in [6, 6.07) is 0. The summed E-state index contributed by atoms with van der Waals surface area (Å²) in [5, 5.41) is 7.68. The number of sulfone groups is 1. The van der Waals surface area contributed by atoms with Crippen molar-refractivity contribution >= 4 is 15.8 Å². The summed E-state index contributed by atoms with van der Waals surface area (Å²) in [4.78, 5) is 10.2. The van der Waals surface area contributed by atoms with Crippen LogP contribution in [0.2, 0.25) is 0 Å². The summed E-state index contributed by atoms with van der Waals surface area (Å²) in [5.74, 6) is -1.88. The second kappa shape index (κ2) is 1.95. The Kier molecular flexibility index (Phi) is 1.47. The Morgan fingerprint density at radius 3 is 2.20 bits per heavy atom. The smallest absolute Gasteiger partial charge is 0.308 e. The monoisotopic (exact) mass is 164 g/mol. The zero-order valence-electron chi connectivity index (χ0n) is 5.44. The average Bonchev–Trinajstić information content (AvgIpc) is 1.82. The number of rotatable bonds is 1. The highest BCUT2D eigenvalue weighted by Crippen LogP contribution is 2.27. The van der Waals surface area contributed by atoms with E-state index in [4.69, 9.17) is 5.11 Å². The lowest BCUT2D eigenvalue weighted by Crippen LogP contribution is -2.49. The maximum absolute atomic E-state index is 10.7. The van der Waals surface area contributed by atoms with Crippen LogP contribution in [-0.4, -0.2) is 30.5 Å². The van der Waals surface area contributed by atoms with Crippen molar-refractivity contribution in [3.05, 3.63) is 0 Å². The fourth-order valence-electron chi connectivity index (χ4n) is 0.938. The molecule has 1 aliphatic heterocycles. The molecule has 1 aliphatic rings. The van der Waals surface area contributed by atoms with E-state index in [9.17, 15) is 13.2 Å². The van der Waals surface area contributed by atoms with Gasteiger partial charge in [0, 0.05) is 0 Å². The van der Waals surface area contributed by atoms with Gasteiger partial charge >= 0.3 is 5.97 Å². The van der Waals surface area contributed by atoms with Gasteiger partial charge in [-0.1, -0.05) is 0 Å². The van der Waals surface area contributed by atoms with Crippen LogP contribution in [0.5, 0.6) is 0 Å². The lowest BCUT2D eigenvalue weighted by molar-refractivity contribution is -0.141. The lowest BCUT2D eigenvalue weighted by Gasteiger charge is -2.29. The second-order valence-corrected chi connectivity index (χ2v) is 4.88. The van der Waals surface area contributed by atoms with Crippen molar-refractivity contribution in [1.82, 2.24) is 0 Å². The zero-order valence-corrected chi connectivity index (χ0v) is 6.26. The van der Waals surface area contributed by atoms with Gasteiger partial charge in [-0.3, -0.25) is 4.79 Å². The quantitative estimate of drug-likeness (QED) is 0.567. The van der Waals surface area contributed by atoms with Crippen molar-refractivity contribution in [3.8, 4) is 0 Å². The van der Waals surface area contributed by atoms with Crippen LogP contribution in [0.3, 0.4) is 0 Å². The number of hydrogen-bond donors (Lipinski definition) is 1. The molecule has 0 aromatic rings. The van der Waals surface area contributed by atoms with Crippen LogP contribution in [0.15, 0.2) is 0 Å². The summed E-state index contributed by atoms with van der Waals surface area (Å²) in [6.45, 7) is 1.43. The fourth-order valence-corrected chi connectivity index (χ4v) is 2.53. The molecule has 5 heteroatoms. The van der Waals surface area contributed by atoms with E-state index >= 15 is 0 Å². The Morgan fingerprint density at radius 1 is 1.60 bits per heavy atom. The molecule has 1 N–H and O–H groups in total. The van der Waals surface area contributed by atoms with Crippen LogP contribution in [-0.2, 0) is 14.6 Å². The number of hydrogen-bond acceptors (Lipinski definition) is 3. The van der Waals surface area contributed by atoms with E-state index in [1.807, 2.05) is 0 Å². The first-order valence-electron chi connectivity index (χ1n) is 2.89. The van der Waals surface area contributed by atoms with Gasteiger partial charge in [0.25, 0.3) is 0 Å². The molecule has 4 nitrogen and oxygen atoms in total. The molecule has 0 aromatic heterocycles. The Hall–Kier alpha value is -0.580. The van der Waals surface area contributed by atoms with E-state index in [2.05, 4.69) is 0 Å². The van der Waals surface area contributed by atoms with Crippen LogP contribution >= 0.6 is 0 Å². The van der Waals surface area contributed by atoms with E-state index in [0.717, 1.165) is 0 Å². The van der Waals surface area contributed by atoms with E-state index < -0.39 is 27.0 Å². The first kappa shape index (κ1) is 7.53. The van der Waals surface area contributed by atoms with E-state index in [0.29, 0.717) is 0 Å². The molecule has 1 rings (SSSR count). The van der Waals surface area contributed by atoms with Gasteiger partial charge in [0.05, 0.1) is 16.9 Å². The van der Waals surface area contributed by atoms with Gasteiger partial charge in [-0.25, -0.2) is 8.42 Å². The van der Waals surface area contributed by atoms with E-state index in [-0.39, 0.29) is 5.75 Å². The molecule has 0 aromatic carbocycles. The van der Waals surface area contributed by atoms with Crippen LogP contribution in [0.4, 0.5) is 0 Å². The number of carbonyl (C=O) groups is 1. The van der Waals surface area contributed by atoms with Gasteiger partial charge in [-0.05, 0) is 6.92 Å². The van der Waals surface area contributed by atoms with Gasteiger partial charge < -0.3 is 5.11 Å². The van der Waals surface area contributed by atoms with Crippen molar-refractivity contribution in [3.63, 3.8) is 0 Å². The molecule has 2 atom stereocenters. The molecule has 0 spiro atoms. The third-order valence-electron chi connectivity index (χ3n) is 1.86. The van der Waals surface area contributed by atoms with Gasteiger partial charge in [-0.15, -0.1) is 0 Å². The van der Waals surface area contributed by atoms with Crippen molar-refractivity contribution < 1.29 is 18.3 Å². The Morgan fingerprint density at radius 2 is 2.10 bits per heavy atom. The Labute approximate surface area is 58.8 Å². The van der Waals surface area contributed by atoms with E-state index in [1.54, 1.807) is 0 Å². The zero-order chi connectivity index (χ0) is 7.94. The first-order valence-corrected chi connectivity index (χ1v) is 4.61. The topological polar surface area (TPSA) is 71.4 Å². The maximum Gasteiger partial charge on any atom is 0.308 e. The highest BCUT2D eigenvalue weighted by Gasteiger charge is 2.46. The van der Waals surface area contributed by atoms with Crippen LogP contribution in [0, 0.1) is 5.92 Å². The van der Waals surface area contributed by atoms with Gasteiger partial charge in [-0.2, -0.15) is 0 Å². The summed E-state index contributed by atoms with van der Waals surface area (Å²) < 4.78 is 21.3. The Balaban J connectivity index is 2.73. The first-order chi connectivity index (χ1) is 4.45. The Bertz CT molecular complexity index is 253. The molecule has 0 aliphatic carbocycles.